The summed E-state index contributed by atoms with van der Waals surface area (Å²) in [5.74, 6) is 0. The summed E-state index contributed by atoms with van der Waals surface area (Å²) < 4.78 is 0. The largest absolute Gasteiger partial charge is 0.387 e. The number of hydrogen-bond acceptors (Lipinski definition) is 3. The summed E-state index contributed by atoms with van der Waals surface area (Å²) in [5, 5.41) is 17.7. The molecular formula is C24H25NO2. The molecule has 27 heavy (non-hydrogen) atoms. The van der Waals surface area contributed by atoms with Gasteiger partial charge in [-0.2, -0.15) is 0 Å². The number of nitrogens with one attached hydrogen (secondary N) is 1. The first-order chi connectivity index (χ1) is 12.8. The van der Waals surface area contributed by atoms with Gasteiger partial charge in [0.25, 0.3) is 0 Å². The Kier molecular flexibility index (Phi) is 4.10. The second-order valence-electron chi connectivity index (χ2n) is 8.12. The second-order valence-corrected chi connectivity index (χ2v) is 8.12. The zero-order valence-electron chi connectivity index (χ0n) is 16.2. The predicted molar refractivity (Wildman–Crippen MR) is 114 cm³/mol. The Hall–Kier alpha value is -2.62. The van der Waals surface area contributed by atoms with E-state index in [1.807, 2.05) is 19.9 Å². The van der Waals surface area contributed by atoms with E-state index in [-0.39, 0.29) is 0 Å². The Balaban J connectivity index is 1.85. The Morgan fingerprint density at radius 2 is 1.11 bits per heavy atom. The first kappa shape index (κ1) is 17.8. The monoisotopic (exact) mass is 359 g/mol. The smallest absolute Gasteiger partial charge is 0.118 e. The molecule has 2 N–H and O–H groups in total. The summed E-state index contributed by atoms with van der Waals surface area (Å²) in [6.07, 6.45) is 0. The van der Waals surface area contributed by atoms with E-state index in [1.165, 1.54) is 32.3 Å². The molecule has 0 bridgehead atoms. The Labute approximate surface area is 159 Å². The zero-order chi connectivity index (χ0) is 19.2. The minimum absolute atomic E-state index is 0.743. The molecule has 4 aromatic rings. The van der Waals surface area contributed by atoms with Crippen molar-refractivity contribution in [3.8, 4) is 0 Å². The fraction of sp³-hybridized carbons (Fsp3) is 0.250. The van der Waals surface area contributed by atoms with Crippen molar-refractivity contribution in [3.63, 3.8) is 0 Å². The van der Waals surface area contributed by atoms with Gasteiger partial charge in [0.1, 0.15) is 5.60 Å². The highest BCUT2D eigenvalue weighted by Gasteiger charge is 2.37. The van der Waals surface area contributed by atoms with Gasteiger partial charge in [0.2, 0.25) is 0 Å². The molecule has 0 atom stereocenters. The van der Waals surface area contributed by atoms with E-state index in [9.17, 15) is 5.11 Å². The maximum Gasteiger partial charge on any atom is 0.118 e. The van der Waals surface area contributed by atoms with Crippen molar-refractivity contribution < 1.29 is 9.94 Å². The van der Waals surface area contributed by atoms with Crippen LogP contribution in [-0.2, 0) is 4.84 Å². The molecule has 0 spiro atoms. The molecule has 3 nitrogen and oxygen atoms in total. The molecule has 0 aliphatic rings. The van der Waals surface area contributed by atoms with Crippen LogP contribution in [0.2, 0.25) is 0 Å². The predicted octanol–water partition coefficient (Wildman–Crippen LogP) is 6.04. The van der Waals surface area contributed by atoms with Crippen LogP contribution in [0.5, 0.6) is 0 Å². The number of anilines is 1. The van der Waals surface area contributed by atoms with Crippen LogP contribution in [0.3, 0.4) is 0 Å². The van der Waals surface area contributed by atoms with Gasteiger partial charge in [0, 0.05) is 0 Å². The molecule has 4 aromatic carbocycles. The van der Waals surface area contributed by atoms with E-state index in [2.05, 4.69) is 66.1 Å². The number of aliphatic hydroxyl groups is 1. The third-order valence-corrected chi connectivity index (χ3v) is 5.64. The maximum absolute atomic E-state index is 10.3. The van der Waals surface area contributed by atoms with Crippen LogP contribution >= 0.6 is 0 Å². The molecule has 0 saturated carbocycles. The van der Waals surface area contributed by atoms with Gasteiger partial charge in [-0.1, -0.05) is 54.6 Å². The molecule has 0 fully saturated rings. The van der Waals surface area contributed by atoms with Crippen molar-refractivity contribution in [1.29, 1.82) is 0 Å². The molecule has 0 unspecified atom stereocenters. The number of rotatable bonds is 4. The fourth-order valence-electron chi connectivity index (χ4n) is 3.28. The summed E-state index contributed by atoms with van der Waals surface area (Å²) in [6.45, 7) is 7.22. The zero-order valence-corrected chi connectivity index (χ0v) is 16.2. The average molecular weight is 359 g/mol. The van der Waals surface area contributed by atoms with Crippen molar-refractivity contribution >= 4 is 38.0 Å². The third-order valence-electron chi connectivity index (χ3n) is 5.64. The third kappa shape index (κ3) is 3.03. The van der Waals surface area contributed by atoms with E-state index < -0.39 is 11.2 Å². The number of hydrogen-bond donors (Lipinski definition) is 2. The minimum atomic E-state index is -0.972. The molecule has 0 aromatic heterocycles. The highest BCUT2D eigenvalue weighted by Crippen LogP contribution is 2.36. The molecular weight excluding hydrogens is 334 g/mol. The Bertz CT molecular complexity index is 1100. The lowest BCUT2D eigenvalue weighted by Crippen LogP contribution is -2.48. The van der Waals surface area contributed by atoms with Crippen LogP contribution in [-0.4, -0.2) is 16.3 Å². The lowest BCUT2D eigenvalue weighted by Gasteiger charge is -2.36. The molecule has 3 heteroatoms. The summed E-state index contributed by atoms with van der Waals surface area (Å²) in [7, 11) is 0. The molecule has 4 rings (SSSR count). The maximum atomic E-state index is 10.3. The van der Waals surface area contributed by atoms with E-state index in [1.54, 1.807) is 13.8 Å². The highest BCUT2D eigenvalue weighted by molar-refractivity contribution is 6.25. The summed E-state index contributed by atoms with van der Waals surface area (Å²) in [6, 6.07) is 23.3. The molecule has 0 aliphatic heterocycles. The van der Waals surface area contributed by atoms with Crippen LogP contribution in [0.15, 0.2) is 66.7 Å². The van der Waals surface area contributed by atoms with Crippen LogP contribution in [0.4, 0.5) is 5.69 Å². The number of fused-ring (bicyclic) bond motifs is 6. The van der Waals surface area contributed by atoms with Crippen molar-refractivity contribution in [3.05, 3.63) is 66.7 Å². The van der Waals surface area contributed by atoms with Gasteiger partial charge in [-0.05, 0) is 72.1 Å². The van der Waals surface area contributed by atoms with Crippen molar-refractivity contribution in [2.75, 3.05) is 5.48 Å². The molecule has 0 radical (unpaired) electrons. The Morgan fingerprint density at radius 1 is 0.667 bits per heavy atom. The van der Waals surface area contributed by atoms with Gasteiger partial charge in [0.15, 0.2) is 0 Å². The van der Waals surface area contributed by atoms with E-state index >= 15 is 0 Å². The van der Waals surface area contributed by atoms with Gasteiger partial charge in [0.05, 0.1) is 11.3 Å². The Morgan fingerprint density at radius 3 is 1.59 bits per heavy atom. The quantitative estimate of drug-likeness (QED) is 0.345. The van der Waals surface area contributed by atoms with Gasteiger partial charge in [-0.3, -0.25) is 10.3 Å². The van der Waals surface area contributed by atoms with Gasteiger partial charge < -0.3 is 5.11 Å². The molecule has 0 amide bonds. The molecule has 0 aliphatic carbocycles. The highest BCUT2D eigenvalue weighted by atomic mass is 16.7. The van der Waals surface area contributed by atoms with E-state index in [4.69, 9.17) is 4.84 Å². The van der Waals surface area contributed by atoms with Crippen molar-refractivity contribution in [1.82, 2.24) is 0 Å². The van der Waals surface area contributed by atoms with Gasteiger partial charge >= 0.3 is 0 Å². The molecule has 138 valence electrons. The van der Waals surface area contributed by atoms with Crippen LogP contribution in [0.25, 0.3) is 32.3 Å². The SMILES string of the molecule is CC(C)(O)C(C)(C)ONc1ccc2c3ccccc3c3ccccc3c2c1. The summed E-state index contributed by atoms with van der Waals surface area (Å²) in [4.78, 5) is 5.83. The van der Waals surface area contributed by atoms with Crippen LogP contribution in [0, 0.1) is 0 Å². The topological polar surface area (TPSA) is 41.5 Å². The second kappa shape index (κ2) is 6.22. The van der Waals surface area contributed by atoms with Crippen LogP contribution < -0.4 is 5.48 Å². The average Bonchev–Trinajstić information content (AvgIpc) is 2.65. The van der Waals surface area contributed by atoms with Gasteiger partial charge in [-0.15, -0.1) is 0 Å². The van der Waals surface area contributed by atoms with E-state index in [0.717, 1.165) is 5.69 Å². The lowest BCUT2D eigenvalue weighted by molar-refractivity contribution is -0.130. The van der Waals surface area contributed by atoms with Crippen molar-refractivity contribution in [2.24, 2.45) is 0 Å². The minimum Gasteiger partial charge on any atom is -0.387 e. The first-order valence-electron chi connectivity index (χ1n) is 9.27. The lowest BCUT2D eigenvalue weighted by atomic mass is 9.90. The van der Waals surface area contributed by atoms with E-state index in [0.29, 0.717) is 0 Å². The molecule has 0 heterocycles. The van der Waals surface area contributed by atoms with Crippen molar-refractivity contribution in [2.45, 2.75) is 38.9 Å². The number of benzene rings is 4. The summed E-state index contributed by atoms with van der Waals surface area (Å²) in [5.41, 5.74) is 2.18. The standard InChI is InChI=1S/C24H25NO2/c1-23(2,26)24(3,4)27-25-16-13-14-21-19-11-6-5-9-17(19)18-10-7-8-12-20(18)22(21)15-16/h5-15,25-26H,1-4H3. The first-order valence-corrected chi connectivity index (χ1v) is 9.27. The molecule has 0 saturated heterocycles. The normalized spacial score (nSPS) is 12.8. The van der Waals surface area contributed by atoms with Crippen LogP contribution in [0.1, 0.15) is 27.7 Å². The summed E-state index contributed by atoms with van der Waals surface area (Å²) >= 11 is 0. The fourth-order valence-corrected chi connectivity index (χ4v) is 3.28. The van der Waals surface area contributed by atoms with Gasteiger partial charge in [-0.25, -0.2) is 0 Å².